The summed E-state index contributed by atoms with van der Waals surface area (Å²) in [6.45, 7) is 17.8. The maximum Gasteiger partial charge on any atom is -0.0104 e. The molecule has 0 bridgehead atoms. The summed E-state index contributed by atoms with van der Waals surface area (Å²) in [5.41, 5.74) is 7.19. The van der Waals surface area contributed by atoms with Crippen molar-refractivity contribution in [2.45, 2.75) is 86.5 Å². The monoisotopic (exact) mass is 352 g/mol. The molecule has 0 fully saturated rings. The maximum absolute atomic E-state index is 4.05. The minimum atomic E-state index is 0.189. The summed E-state index contributed by atoms with van der Waals surface area (Å²) in [6, 6.07) is 6.76. The third kappa shape index (κ3) is 6.63. The summed E-state index contributed by atoms with van der Waals surface area (Å²) >= 11 is 0. The maximum atomic E-state index is 4.05. The van der Waals surface area contributed by atoms with Gasteiger partial charge in [-0.25, -0.2) is 0 Å². The molecule has 0 saturated carbocycles. The number of hydrogen-bond acceptors (Lipinski definition) is 0. The lowest BCUT2D eigenvalue weighted by Crippen LogP contribution is -2.16. The van der Waals surface area contributed by atoms with E-state index in [-0.39, 0.29) is 5.41 Å². The van der Waals surface area contributed by atoms with Crippen LogP contribution in [0, 0.1) is 12.3 Å². The summed E-state index contributed by atoms with van der Waals surface area (Å²) in [6.07, 6.45) is 15.3. The van der Waals surface area contributed by atoms with Crippen molar-refractivity contribution in [3.63, 3.8) is 0 Å². The predicted octanol–water partition coefficient (Wildman–Crippen LogP) is 8.76. The molecule has 0 saturated heterocycles. The Morgan fingerprint density at radius 1 is 1.08 bits per heavy atom. The van der Waals surface area contributed by atoms with Gasteiger partial charge in [-0.15, -0.1) is 0 Å². The van der Waals surface area contributed by atoms with Gasteiger partial charge >= 0.3 is 0 Å². The molecule has 1 aromatic carbocycles. The lowest BCUT2D eigenvalue weighted by molar-refractivity contribution is 0.435. The standard InChI is InChI=1S/C26H40/c1-8-12-15-24(16-13-9-2)26(6,7)20-23(14-10-3)25-18-17-21(5)19-22(25)11-4/h11,14-15,17-19H,4,8-10,12-13,16,20H2,1-3,5-7H3. The van der Waals surface area contributed by atoms with Gasteiger partial charge in [0.05, 0.1) is 0 Å². The Morgan fingerprint density at radius 2 is 1.81 bits per heavy atom. The van der Waals surface area contributed by atoms with Crippen LogP contribution in [0.15, 0.2) is 42.5 Å². The van der Waals surface area contributed by atoms with Crippen LogP contribution in [0.5, 0.6) is 0 Å². The summed E-state index contributed by atoms with van der Waals surface area (Å²) in [4.78, 5) is 0. The van der Waals surface area contributed by atoms with Gasteiger partial charge in [-0.3, -0.25) is 0 Å². The molecule has 0 heteroatoms. The summed E-state index contributed by atoms with van der Waals surface area (Å²) in [5.74, 6) is 0. The van der Waals surface area contributed by atoms with Crippen molar-refractivity contribution in [2.75, 3.05) is 0 Å². The van der Waals surface area contributed by atoms with Crippen molar-refractivity contribution < 1.29 is 0 Å². The van der Waals surface area contributed by atoms with Gasteiger partial charge in [-0.2, -0.15) is 0 Å². The second-order valence-corrected chi connectivity index (χ2v) is 8.11. The van der Waals surface area contributed by atoms with E-state index in [1.54, 1.807) is 5.57 Å². The Bertz CT molecular complexity index is 625. The molecule has 0 nitrogen and oxygen atoms in total. The van der Waals surface area contributed by atoms with Crippen LogP contribution in [-0.2, 0) is 0 Å². The highest BCUT2D eigenvalue weighted by Gasteiger charge is 2.25. The minimum absolute atomic E-state index is 0.189. The van der Waals surface area contributed by atoms with Crippen molar-refractivity contribution in [2.24, 2.45) is 5.41 Å². The van der Waals surface area contributed by atoms with Crippen LogP contribution in [0.3, 0.4) is 0 Å². The molecule has 26 heavy (non-hydrogen) atoms. The van der Waals surface area contributed by atoms with Crippen LogP contribution >= 0.6 is 0 Å². The number of benzene rings is 1. The van der Waals surface area contributed by atoms with E-state index in [2.05, 4.69) is 78.5 Å². The molecular weight excluding hydrogens is 312 g/mol. The molecule has 0 unspecified atom stereocenters. The van der Waals surface area contributed by atoms with Gasteiger partial charge < -0.3 is 0 Å². The molecule has 0 aliphatic rings. The second kappa shape index (κ2) is 11.2. The molecule has 0 spiro atoms. The number of rotatable bonds is 11. The zero-order valence-corrected chi connectivity index (χ0v) is 18.1. The van der Waals surface area contributed by atoms with Crippen molar-refractivity contribution >= 4 is 11.6 Å². The summed E-state index contributed by atoms with van der Waals surface area (Å²) in [7, 11) is 0. The Morgan fingerprint density at radius 3 is 2.38 bits per heavy atom. The molecule has 1 aromatic rings. The molecule has 0 amide bonds. The van der Waals surface area contributed by atoms with Gasteiger partial charge in [0, 0.05) is 0 Å². The van der Waals surface area contributed by atoms with Gasteiger partial charge in [0.25, 0.3) is 0 Å². The first-order valence-corrected chi connectivity index (χ1v) is 10.5. The Kier molecular flexibility index (Phi) is 9.70. The van der Waals surface area contributed by atoms with E-state index >= 15 is 0 Å². The smallest absolute Gasteiger partial charge is 0.0104 e. The topological polar surface area (TPSA) is 0 Å². The SMILES string of the molecule is C=Cc1cc(C)ccc1C(=CCC)CC(C)(C)C(=CCCC)CCCC. The highest BCUT2D eigenvalue weighted by molar-refractivity contribution is 5.75. The fourth-order valence-electron chi connectivity index (χ4n) is 3.66. The second-order valence-electron chi connectivity index (χ2n) is 8.11. The van der Waals surface area contributed by atoms with E-state index in [1.807, 2.05) is 6.08 Å². The molecule has 0 aliphatic heterocycles. The van der Waals surface area contributed by atoms with E-state index in [9.17, 15) is 0 Å². The number of hydrogen-bond donors (Lipinski definition) is 0. The fourth-order valence-corrected chi connectivity index (χ4v) is 3.66. The van der Waals surface area contributed by atoms with Crippen LogP contribution in [0.2, 0.25) is 0 Å². The third-order valence-corrected chi connectivity index (χ3v) is 5.20. The van der Waals surface area contributed by atoms with Crippen LogP contribution in [0.1, 0.15) is 96.3 Å². The highest BCUT2D eigenvalue weighted by atomic mass is 14.3. The molecule has 144 valence electrons. The van der Waals surface area contributed by atoms with Gasteiger partial charge in [0.15, 0.2) is 0 Å². The minimum Gasteiger partial charge on any atom is -0.0984 e. The van der Waals surface area contributed by atoms with Crippen LogP contribution in [0.25, 0.3) is 11.6 Å². The first kappa shape index (κ1) is 22.5. The van der Waals surface area contributed by atoms with E-state index < -0.39 is 0 Å². The van der Waals surface area contributed by atoms with Crippen LogP contribution < -0.4 is 0 Å². The largest absolute Gasteiger partial charge is 0.0984 e. The van der Waals surface area contributed by atoms with E-state index in [0.717, 1.165) is 12.8 Å². The van der Waals surface area contributed by atoms with E-state index in [0.29, 0.717) is 0 Å². The van der Waals surface area contributed by atoms with Gasteiger partial charge in [-0.1, -0.05) is 102 Å². The highest BCUT2D eigenvalue weighted by Crippen LogP contribution is 2.40. The summed E-state index contributed by atoms with van der Waals surface area (Å²) < 4.78 is 0. The first-order chi connectivity index (χ1) is 12.4. The average Bonchev–Trinajstić information content (AvgIpc) is 2.61. The molecule has 0 aliphatic carbocycles. The molecule has 0 radical (unpaired) electrons. The Labute approximate surface area is 163 Å². The zero-order valence-electron chi connectivity index (χ0n) is 18.1. The number of unbranched alkanes of at least 4 members (excludes halogenated alkanes) is 2. The Balaban J connectivity index is 3.22. The van der Waals surface area contributed by atoms with Crippen molar-refractivity contribution in [3.8, 4) is 0 Å². The lowest BCUT2D eigenvalue weighted by atomic mass is 9.74. The fraction of sp³-hybridized carbons (Fsp3) is 0.538. The average molecular weight is 353 g/mol. The normalized spacial score (nSPS) is 13.2. The molecule has 1 rings (SSSR count). The zero-order chi connectivity index (χ0) is 19.6. The molecule has 0 atom stereocenters. The van der Waals surface area contributed by atoms with Crippen molar-refractivity contribution in [1.29, 1.82) is 0 Å². The predicted molar refractivity (Wildman–Crippen MR) is 120 cm³/mol. The molecule has 0 heterocycles. The van der Waals surface area contributed by atoms with E-state index in [1.165, 1.54) is 54.4 Å². The summed E-state index contributed by atoms with van der Waals surface area (Å²) in [5, 5.41) is 0. The number of aryl methyl sites for hydroxylation is 1. The van der Waals surface area contributed by atoms with Crippen LogP contribution in [0.4, 0.5) is 0 Å². The van der Waals surface area contributed by atoms with Crippen LogP contribution in [-0.4, -0.2) is 0 Å². The molecular formula is C26H40. The van der Waals surface area contributed by atoms with Gasteiger partial charge in [-0.05, 0) is 61.1 Å². The van der Waals surface area contributed by atoms with Crippen molar-refractivity contribution in [3.05, 3.63) is 59.2 Å². The first-order valence-electron chi connectivity index (χ1n) is 10.5. The van der Waals surface area contributed by atoms with Gasteiger partial charge in [0.2, 0.25) is 0 Å². The number of allylic oxidation sites excluding steroid dienone is 4. The van der Waals surface area contributed by atoms with Gasteiger partial charge in [0.1, 0.15) is 0 Å². The quantitative estimate of drug-likeness (QED) is 0.349. The lowest BCUT2D eigenvalue weighted by Gasteiger charge is -2.31. The third-order valence-electron chi connectivity index (χ3n) is 5.20. The van der Waals surface area contributed by atoms with E-state index in [4.69, 9.17) is 0 Å². The molecule has 0 N–H and O–H groups in total. The van der Waals surface area contributed by atoms with Crippen molar-refractivity contribution in [1.82, 2.24) is 0 Å². The Hall–Kier alpha value is -1.56. The molecule has 0 aromatic heterocycles.